The van der Waals surface area contributed by atoms with Gasteiger partial charge in [0.15, 0.2) is 17.3 Å². The molecule has 2 aromatic carbocycles. The van der Waals surface area contributed by atoms with E-state index in [0.717, 1.165) is 16.9 Å². The van der Waals surface area contributed by atoms with Crippen LogP contribution in [0.25, 0.3) is 11.3 Å². The van der Waals surface area contributed by atoms with Gasteiger partial charge in [-0.05, 0) is 42.5 Å². The average Bonchev–Trinajstić information content (AvgIpc) is 3.30. The van der Waals surface area contributed by atoms with E-state index in [1.807, 2.05) is 61.5 Å². The van der Waals surface area contributed by atoms with E-state index in [1.165, 1.54) is 0 Å². The number of anilines is 2. The maximum atomic E-state index is 12.3. The first-order chi connectivity index (χ1) is 13.1. The van der Waals surface area contributed by atoms with Crippen molar-refractivity contribution >= 4 is 17.3 Å². The number of fused-ring (bicyclic) bond motifs is 1. The maximum Gasteiger partial charge on any atom is 0.231 e. The Bertz CT molecular complexity index is 964. The predicted molar refractivity (Wildman–Crippen MR) is 101 cm³/mol. The minimum absolute atomic E-state index is 0.128. The van der Waals surface area contributed by atoms with Gasteiger partial charge in [0, 0.05) is 37.1 Å². The topological polar surface area (TPSA) is 76.8 Å². The summed E-state index contributed by atoms with van der Waals surface area (Å²) in [6.45, 7) is 0.218. The van der Waals surface area contributed by atoms with Gasteiger partial charge < -0.3 is 24.2 Å². The first-order valence-corrected chi connectivity index (χ1v) is 8.51. The van der Waals surface area contributed by atoms with Crippen LogP contribution in [0.15, 0.2) is 53.1 Å². The number of carbonyl (C=O) groups excluding carboxylic acids is 1. The molecule has 2 heterocycles. The van der Waals surface area contributed by atoms with E-state index in [9.17, 15) is 4.79 Å². The number of amides is 1. The molecule has 1 aromatic heterocycles. The van der Waals surface area contributed by atoms with Crippen LogP contribution in [0.5, 0.6) is 11.5 Å². The molecule has 1 amide bonds. The summed E-state index contributed by atoms with van der Waals surface area (Å²) in [5.41, 5.74) is 3.19. The largest absolute Gasteiger partial charge is 0.454 e. The first-order valence-electron chi connectivity index (χ1n) is 8.51. The van der Waals surface area contributed by atoms with Crippen LogP contribution < -0.4 is 19.7 Å². The Balaban J connectivity index is 1.41. The van der Waals surface area contributed by atoms with E-state index >= 15 is 0 Å². The number of benzene rings is 2. The summed E-state index contributed by atoms with van der Waals surface area (Å²) in [4.78, 5) is 14.3. The van der Waals surface area contributed by atoms with Crippen LogP contribution >= 0.6 is 0 Å². The van der Waals surface area contributed by atoms with Crippen LogP contribution in [-0.4, -0.2) is 32.0 Å². The van der Waals surface area contributed by atoms with Crippen LogP contribution in [0, 0.1) is 0 Å². The van der Waals surface area contributed by atoms with Gasteiger partial charge in [0.2, 0.25) is 12.7 Å². The van der Waals surface area contributed by atoms with Gasteiger partial charge in [0.25, 0.3) is 0 Å². The second-order valence-corrected chi connectivity index (χ2v) is 6.42. The third kappa shape index (κ3) is 3.72. The van der Waals surface area contributed by atoms with Gasteiger partial charge in [-0.2, -0.15) is 0 Å². The summed E-state index contributed by atoms with van der Waals surface area (Å²) in [5.74, 6) is 1.80. The number of carbonyl (C=O) groups is 1. The van der Waals surface area contributed by atoms with Crippen LogP contribution in [0.3, 0.4) is 0 Å². The molecule has 138 valence electrons. The molecule has 7 heteroatoms. The Morgan fingerprint density at radius 1 is 1.07 bits per heavy atom. The molecule has 1 aliphatic rings. The van der Waals surface area contributed by atoms with Crippen LogP contribution in [0.2, 0.25) is 0 Å². The molecule has 27 heavy (non-hydrogen) atoms. The number of ether oxygens (including phenoxy) is 2. The average molecular weight is 365 g/mol. The maximum absolute atomic E-state index is 12.3. The molecule has 1 aliphatic heterocycles. The Morgan fingerprint density at radius 2 is 1.85 bits per heavy atom. The molecule has 4 rings (SSSR count). The second kappa shape index (κ2) is 7.03. The quantitative estimate of drug-likeness (QED) is 0.747. The number of hydrogen-bond donors (Lipinski definition) is 1. The number of aromatic nitrogens is 1. The third-order valence-corrected chi connectivity index (χ3v) is 4.23. The van der Waals surface area contributed by atoms with E-state index in [-0.39, 0.29) is 19.1 Å². The zero-order chi connectivity index (χ0) is 18.8. The van der Waals surface area contributed by atoms with Crippen molar-refractivity contribution in [2.75, 3.05) is 31.1 Å². The minimum Gasteiger partial charge on any atom is -0.454 e. The smallest absolute Gasteiger partial charge is 0.231 e. The molecule has 0 saturated heterocycles. The molecule has 0 fully saturated rings. The van der Waals surface area contributed by atoms with Crippen molar-refractivity contribution in [2.45, 2.75) is 6.42 Å². The normalized spacial score (nSPS) is 12.1. The third-order valence-electron chi connectivity index (χ3n) is 4.23. The molecule has 0 unspecified atom stereocenters. The molecule has 0 saturated carbocycles. The molecule has 0 bridgehead atoms. The standard InChI is InChI=1S/C20H19N3O4/c1-23(2)16-6-4-14(5-7-16)21-20(24)11-15-10-18(27-22-15)13-3-8-17-19(9-13)26-12-25-17/h3-10H,11-12H2,1-2H3,(H,21,24). The lowest BCUT2D eigenvalue weighted by atomic mass is 10.1. The molecule has 0 atom stereocenters. The summed E-state index contributed by atoms with van der Waals surface area (Å²) in [6.07, 6.45) is 0.128. The molecule has 7 nitrogen and oxygen atoms in total. The van der Waals surface area contributed by atoms with Crippen LogP contribution in [0.1, 0.15) is 5.69 Å². The van der Waals surface area contributed by atoms with E-state index in [4.69, 9.17) is 14.0 Å². The fourth-order valence-electron chi connectivity index (χ4n) is 2.79. The lowest BCUT2D eigenvalue weighted by molar-refractivity contribution is -0.115. The minimum atomic E-state index is -0.155. The van der Waals surface area contributed by atoms with Crippen molar-refractivity contribution < 1.29 is 18.8 Å². The fraction of sp³-hybridized carbons (Fsp3) is 0.200. The van der Waals surface area contributed by atoms with Crippen molar-refractivity contribution in [3.63, 3.8) is 0 Å². The molecule has 0 spiro atoms. The Hall–Kier alpha value is -3.48. The van der Waals surface area contributed by atoms with Gasteiger partial charge in [-0.15, -0.1) is 0 Å². The summed E-state index contributed by atoms with van der Waals surface area (Å²) in [7, 11) is 3.94. The highest BCUT2D eigenvalue weighted by molar-refractivity contribution is 5.92. The predicted octanol–water partition coefficient (Wildman–Crippen LogP) is 3.32. The molecule has 1 N–H and O–H groups in total. The highest BCUT2D eigenvalue weighted by Gasteiger charge is 2.16. The van der Waals surface area contributed by atoms with Crippen molar-refractivity contribution in [1.29, 1.82) is 0 Å². The summed E-state index contributed by atoms with van der Waals surface area (Å²) in [6, 6.07) is 14.9. The van der Waals surface area contributed by atoms with E-state index in [0.29, 0.717) is 23.0 Å². The van der Waals surface area contributed by atoms with E-state index < -0.39 is 0 Å². The lowest BCUT2D eigenvalue weighted by Crippen LogP contribution is -2.15. The molecular formula is C20H19N3O4. The number of hydrogen-bond acceptors (Lipinski definition) is 6. The molecule has 0 radical (unpaired) electrons. The Morgan fingerprint density at radius 3 is 2.63 bits per heavy atom. The van der Waals surface area contributed by atoms with Crippen LogP contribution in [0.4, 0.5) is 11.4 Å². The lowest BCUT2D eigenvalue weighted by Gasteiger charge is -2.12. The Labute approximate surface area is 156 Å². The van der Waals surface area contributed by atoms with E-state index in [2.05, 4.69) is 10.5 Å². The van der Waals surface area contributed by atoms with Gasteiger partial charge in [-0.25, -0.2) is 0 Å². The van der Waals surface area contributed by atoms with Crippen molar-refractivity contribution in [2.24, 2.45) is 0 Å². The SMILES string of the molecule is CN(C)c1ccc(NC(=O)Cc2cc(-c3ccc4c(c3)OCO4)on2)cc1. The summed E-state index contributed by atoms with van der Waals surface area (Å²) >= 11 is 0. The zero-order valence-corrected chi connectivity index (χ0v) is 15.1. The van der Waals surface area contributed by atoms with Gasteiger partial charge in [-0.1, -0.05) is 5.16 Å². The molecule has 0 aliphatic carbocycles. The highest BCUT2D eigenvalue weighted by atomic mass is 16.7. The van der Waals surface area contributed by atoms with E-state index in [1.54, 1.807) is 6.07 Å². The number of nitrogens with zero attached hydrogens (tertiary/aromatic N) is 2. The summed E-state index contributed by atoms with van der Waals surface area (Å²) in [5, 5.41) is 6.85. The zero-order valence-electron chi connectivity index (χ0n) is 15.1. The van der Waals surface area contributed by atoms with Crippen molar-refractivity contribution in [3.05, 3.63) is 54.2 Å². The number of rotatable bonds is 5. The molecule has 3 aromatic rings. The fourth-order valence-corrected chi connectivity index (χ4v) is 2.79. The van der Waals surface area contributed by atoms with Crippen LogP contribution in [-0.2, 0) is 11.2 Å². The number of nitrogens with one attached hydrogen (secondary N) is 1. The monoisotopic (exact) mass is 365 g/mol. The summed E-state index contributed by atoms with van der Waals surface area (Å²) < 4.78 is 16.0. The highest BCUT2D eigenvalue weighted by Crippen LogP contribution is 2.36. The van der Waals surface area contributed by atoms with Gasteiger partial charge >= 0.3 is 0 Å². The first kappa shape index (κ1) is 17.0. The van der Waals surface area contributed by atoms with Gasteiger partial charge in [-0.3, -0.25) is 4.79 Å². The van der Waals surface area contributed by atoms with Crippen molar-refractivity contribution in [3.8, 4) is 22.8 Å². The molecular weight excluding hydrogens is 346 g/mol. The Kier molecular flexibility index (Phi) is 4.42. The van der Waals surface area contributed by atoms with Gasteiger partial charge in [0.05, 0.1) is 12.1 Å². The van der Waals surface area contributed by atoms with Crippen molar-refractivity contribution in [1.82, 2.24) is 5.16 Å². The second-order valence-electron chi connectivity index (χ2n) is 6.42. The van der Waals surface area contributed by atoms with Gasteiger partial charge in [0.1, 0.15) is 0 Å².